The molecule has 0 N–H and O–H groups in total. The largest absolute Gasteiger partial charge is 0.465 e. The van der Waals surface area contributed by atoms with Crippen molar-refractivity contribution in [3.05, 3.63) is 0 Å². The number of hydrogen-bond acceptors (Lipinski definition) is 12. The Morgan fingerprint density at radius 1 is 0.744 bits per heavy atom. The van der Waals surface area contributed by atoms with Crippen LogP contribution in [0, 0.1) is 10.8 Å². The smallest absolute Gasteiger partial charge is 0.350 e. The molecule has 0 amide bonds. The second-order valence-corrected chi connectivity index (χ2v) is 11.0. The molecule has 0 spiro atoms. The Hall–Kier alpha value is -3.18. The summed E-state index contributed by atoms with van der Waals surface area (Å²) in [4.78, 5) is 69.4. The van der Waals surface area contributed by atoms with Gasteiger partial charge in [-0.3, -0.25) is 14.4 Å². The van der Waals surface area contributed by atoms with E-state index >= 15 is 0 Å². The van der Waals surface area contributed by atoms with Gasteiger partial charge < -0.3 is 28.4 Å². The van der Waals surface area contributed by atoms with Gasteiger partial charge in [-0.1, -0.05) is 13.8 Å². The summed E-state index contributed by atoms with van der Waals surface area (Å²) in [5.41, 5.74) is -2.67. The molecule has 2 aliphatic heterocycles. The van der Waals surface area contributed by atoms with E-state index in [4.69, 9.17) is 23.7 Å². The second kappa shape index (κ2) is 14.3. The summed E-state index contributed by atoms with van der Waals surface area (Å²) in [5, 5.41) is 0. The highest BCUT2D eigenvalue weighted by molar-refractivity contribution is 5.87. The van der Waals surface area contributed by atoms with Crippen molar-refractivity contribution in [3.8, 4) is 0 Å². The standard InChI is InChI=1S/C14H22O6.C13H20O6/c1-6-13(2,3)11(16)20-14(4,5)12(17)19-9-7-8-18-10(9)15;1-4-13(2,3)12(16)18-8-6-10(14)19-9-5-7-17-11(9)15/h9H,6-8H2,1-5H3;9H,4-8H2,1-3H3. The maximum atomic E-state index is 12.0. The molecule has 2 aliphatic rings. The van der Waals surface area contributed by atoms with Crippen LogP contribution in [0.2, 0.25) is 0 Å². The van der Waals surface area contributed by atoms with E-state index in [1.807, 2.05) is 13.8 Å². The molecule has 2 rings (SSSR count). The van der Waals surface area contributed by atoms with Gasteiger partial charge in [-0.15, -0.1) is 0 Å². The summed E-state index contributed by atoms with van der Waals surface area (Å²) in [6.45, 7) is 14.2. The molecule has 12 heteroatoms. The molecular formula is C27H42O12. The predicted octanol–water partition coefficient (Wildman–Crippen LogP) is 2.82. The highest BCUT2D eigenvalue weighted by atomic mass is 16.6. The van der Waals surface area contributed by atoms with E-state index in [0.29, 0.717) is 25.7 Å². The van der Waals surface area contributed by atoms with Gasteiger partial charge in [0.1, 0.15) is 6.61 Å². The first-order valence-electron chi connectivity index (χ1n) is 13.1. The Bertz CT molecular complexity index is 918. The maximum absolute atomic E-state index is 12.0. The molecule has 2 fully saturated rings. The third-order valence-electron chi connectivity index (χ3n) is 6.55. The van der Waals surface area contributed by atoms with Crippen LogP contribution in [0.3, 0.4) is 0 Å². The summed E-state index contributed by atoms with van der Waals surface area (Å²) < 4.78 is 29.6. The van der Waals surface area contributed by atoms with Crippen LogP contribution in [0.1, 0.15) is 87.5 Å². The first kappa shape index (κ1) is 33.8. The molecule has 0 aliphatic carbocycles. The van der Waals surface area contributed by atoms with Crippen molar-refractivity contribution in [2.45, 2.75) is 105 Å². The van der Waals surface area contributed by atoms with Crippen molar-refractivity contribution in [1.82, 2.24) is 0 Å². The zero-order chi connectivity index (χ0) is 30.0. The molecule has 222 valence electrons. The molecule has 2 unspecified atom stereocenters. The molecule has 2 heterocycles. The van der Waals surface area contributed by atoms with Gasteiger partial charge in [0.05, 0.1) is 30.5 Å². The lowest BCUT2D eigenvalue weighted by Gasteiger charge is -2.29. The Morgan fingerprint density at radius 2 is 1.21 bits per heavy atom. The van der Waals surface area contributed by atoms with Crippen molar-refractivity contribution >= 4 is 35.8 Å². The molecule has 0 aromatic heterocycles. The maximum Gasteiger partial charge on any atom is 0.350 e. The van der Waals surface area contributed by atoms with Crippen LogP contribution in [0.15, 0.2) is 0 Å². The van der Waals surface area contributed by atoms with Crippen LogP contribution in [0.4, 0.5) is 0 Å². The fourth-order valence-electron chi connectivity index (χ4n) is 2.78. The predicted molar refractivity (Wildman–Crippen MR) is 135 cm³/mol. The summed E-state index contributed by atoms with van der Waals surface area (Å²) in [5.74, 6) is -3.21. The lowest BCUT2D eigenvalue weighted by Crippen LogP contribution is -2.44. The van der Waals surface area contributed by atoms with Gasteiger partial charge in [-0.2, -0.15) is 0 Å². The van der Waals surface area contributed by atoms with E-state index in [1.165, 1.54) is 13.8 Å². The van der Waals surface area contributed by atoms with E-state index in [-0.39, 0.29) is 32.2 Å². The second-order valence-electron chi connectivity index (χ2n) is 11.0. The quantitative estimate of drug-likeness (QED) is 0.270. The minimum Gasteiger partial charge on any atom is -0.465 e. The molecule has 39 heavy (non-hydrogen) atoms. The van der Waals surface area contributed by atoms with Crippen LogP contribution < -0.4 is 0 Å². The van der Waals surface area contributed by atoms with E-state index in [0.717, 1.165) is 0 Å². The number of carbonyl (C=O) groups is 6. The Kier molecular flexibility index (Phi) is 12.4. The average molecular weight is 559 g/mol. The molecule has 0 radical (unpaired) electrons. The van der Waals surface area contributed by atoms with Crippen molar-refractivity contribution in [1.29, 1.82) is 0 Å². The van der Waals surface area contributed by atoms with Crippen molar-refractivity contribution in [2.24, 2.45) is 10.8 Å². The number of rotatable bonds is 11. The van der Waals surface area contributed by atoms with Gasteiger partial charge in [0.25, 0.3) is 0 Å². The van der Waals surface area contributed by atoms with Gasteiger partial charge in [0, 0.05) is 12.8 Å². The lowest BCUT2D eigenvalue weighted by molar-refractivity contribution is -0.188. The van der Waals surface area contributed by atoms with Crippen LogP contribution in [-0.4, -0.2) is 73.4 Å². The normalized spacial score (nSPS) is 19.2. The van der Waals surface area contributed by atoms with E-state index in [1.54, 1.807) is 27.7 Å². The number of ether oxygens (including phenoxy) is 6. The molecule has 2 saturated heterocycles. The minimum atomic E-state index is -1.44. The summed E-state index contributed by atoms with van der Waals surface area (Å²) in [6, 6.07) is 0. The van der Waals surface area contributed by atoms with Crippen molar-refractivity contribution in [3.63, 3.8) is 0 Å². The number of cyclic esters (lactones) is 2. The molecule has 12 nitrogen and oxygen atoms in total. The first-order chi connectivity index (χ1) is 18.0. The number of esters is 6. The van der Waals surface area contributed by atoms with Crippen molar-refractivity contribution in [2.75, 3.05) is 19.8 Å². The highest BCUT2D eigenvalue weighted by Crippen LogP contribution is 2.26. The van der Waals surface area contributed by atoms with Gasteiger partial charge in [0.2, 0.25) is 17.8 Å². The zero-order valence-electron chi connectivity index (χ0n) is 24.2. The average Bonchev–Trinajstić information content (AvgIpc) is 3.46. The summed E-state index contributed by atoms with van der Waals surface area (Å²) >= 11 is 0. The summed E-state index contributed by atoms with van der Waals surface area (Å²) in [7, 11) is 0. The van der Waals surface area contributed by atoms with Crippen molar-refractivity contribution < 1.29 is 57.2 Å². The SMILES string of the molecule is CCC(C)(C)C(=O)OC(C)(C)C(=O)OC1CCOC1=O.CCC(C)(C)C(=O)OCCC(=O)OC1CCOC1=O. The first-order valence-corrected chi connectivity index (χ1v) is 13.1. The molecule has 2 atom stereocenters. The highest BCUT2D eigenvalue weighted by Gasteiger charge is 2.41. The number of hydrogen-bond donors (Lipinski definition) is 0. The fourth-order valence-corrected chi connectivity index (χ4v) is 2.78. The lowest BCUT2D eigenvalue weighted by atomic mass is 9.90. The van der Waals surface area contributed by atoms with E-state index in [9.17, 15) is 28.8 Å². The molecular weight excluding hydrogens is 516 g/mol. The topological polar surface area (TPSA) is 158 Å². The van der Waals surface area contributed by atoms with E-state index < -0.39 is 58.5 Å². The van der Waals surface area contributed by atoms with Crippen LogP contribution in [0.25, 0.3) is 0 Å². The van der Waals surface area contributed by atoms with Gasteiger partial charge >= 0.3 is 35.8 Å². The monoisotopic (exact) mass is 558 g/mol. The van der Waals surface area contributed by atoms with Gasteiger partial charge in [0.15, 0.2) is 0 Å². The summed E-state index contributed by atoms with van der Waals surface area (Å²) in [6.07, 6.45) is 0.184. The Balaban J connectivity index is 0.000000391. The third-order valence-corrected chi connectivity index (χ3v) is 6.55. The van der Waals surface area contributed by atoms with Crippen LogP contribution in [-0.2, 0) is 57.2 Å². The molecule has 0 bridgehead atoms. The minimum absolute atomic E-state index is 0.0388. The zero-order valence-corrected chi connectivity index (χ0v) is 24.2. The molecule has 0 aromatic rings. The van der Waals surface area contributed by atoms with Crippen LogP contribution in [0.5, 0.6) is 0 Å². The fraction of sp³-hybridized carbons (Fsp3) is 0.778. The third kappa shape index (κ3) is 10.5. The van der Waals surface area contributed by atoms with Crippen LogP contribution >= 0.6 is 0 Å². The van der Waals surface area contributed by atoms with E-state index in [2.05, 4.69) is 4.74 Å². The number of carbonyl (C=O) groups excluding carboxylic acids is 6. The Labute approximate surface area is 229 Å². The molecule has 0 aromatic carbocycles. The van der Waals surface area contributed by atoms with Gasteiger partial charge in [-0.05, 0) is 54.4 Å². The van der Waals surface area contributed by atoms with Gasteiger partial charge in [-0.25, -0.2) is 14.4 Å². The molecule has 0 saturated carbocycles. The Morgan fingerprint density at radius 3 is 1.64 bits per heavy atom.